The molecule has 6 heteroatoms. The molecule has 2 aromatic rings. The van der Waals surface area contributed by atoms with Crippen LogP contribution in [0.25, 0.3) is 11.4 Å². The van der Waals surface area contributed by atoms with E-state index < -0.39 is 0 Å². The van der Waals surface area contributed by atoms with Crippen molar-refractivity contribution in [1.29, 1.82) is 10.5 Å². The Balaban J connectivity index is 1.76. The Morgan fingerprint density at radius 3 is 1.63 bits per heavy atom. The van der Waals surface area contributed by atoms with Crippen LogP contribution in [0.5, 0.6) is 0 Å². The fourth-order valence-electron chi connectivity index (χ4n) is 4.71. The van der Waals surface area contributed by atoms with Gasteiger partial charge in [0.2, 0.25) is 5.95 Å². The lowest BCUT2D eigenvalue weighted by Gasteiger charge is -2.21. The van der Waals surface area contributed by atoms with Crippen molar-refractivity contribution in [3.63, 3.8) is 0 Å². The van der Waals surface area contributed by atoms with Gasteiger partial charge in [-0.25, -0.2) is 4.98 Å². The van der Waals surface area contributed by atoms with Crippen molar-refractivity contribution in [2.75, 3.05) is 18.0 Å². The van der Waals surface area contributed by atoms with Crippen LogP contribution in [0.1, 0.15) is 122 Å². The van der Waals surface area contributed by atoms with E-state index in [-0.39, 0.29) is 0 Å². The Labute approximate surface area is 231 Å². The third-order valence-electron chi connectivity index (χ3n) is 6.98. The van der Waals surface area contributed by atoms with E-state index in [1.54, 1.807) is 0 Å². The summed E-state index contributed by atoms with van der Waals surface area (Å²) in [5.74, 6) is 2.02. The molecule has 0 N–H and O–H groups in total. The minimum Gasteiger partial charge on any atom is -0.339 e. The SMILES string of the molecule is CCCCCCCCCCCCCCCCCc1nc(-c2ccccc2)nc(N(CCC#N)CCC#N)n1. The van der Waals surface area contributed by atoms with E-state index in [1.807, 2.05) is 35.2 Å². The molecule has 0 amide bonds. The van der Waals surface area contributed by atoms with Crippen molar-refractivity contribution < 1.29 is 0 Å². The van der Waals surface area contributed by atoms with E-state index in [9.17, 15) is 0 Å². The largest absolute Gasteiger partial charge is 0.339 e. The minimum absolute atomic E-state index is 0.367. The second kappa shape index (κ2) is 21.0. The number of aryl methyl sites for hydroxylation is 1. The number of rotatable bonds is 22. The molecule has 0 spiro atoms. The highest BCUT2D eigenvalue weighted by atomic mass is 15.3. The maximum absolute atomic E-state index is 9.08. The van der Waals surface area contributed by atoms with Crippen LogP contribution in [-0.2, 0) is 6.42 Å². The summed E-state index contributed by atoms with van der Waals surface area (Å²) in [4.78, 5) is 16.2. The van der Waals surface area contributed by atoms with Crippen molar-refractivity contribution >= 4 is 5.95 Å². The van der Waals surface area contributed by atoms with E-state index in [2.05, 4.69) is 19.1 Å². The molecule has 0 aliphatic heterocycles. The van der Waals surface area contributed by atoms with Gasteiger partial charge in [0.1, 0.15) is 5.82 Å². The first-order valence-corrected chi connectivity index (χ1v) is 15.1. The number of nitrogens with zero attached hydrogens (tertiary/aromatic N) is 6. The molecular formula is C32H48N6. The zero-order valence-electron chi connectivity index (χ0n) is 23.7. The highest BCUT2D eigenvalue weighted by Crippen LogP contribution is 2.20. The number of aromatic nitrogens is 3. The smallest absolute Gasteiger partial charge is 0.229 e. The molecule has 1 aromatic heterocycles. The van der Waals surface area contributed by atoms with E-state index in [4.69, 9.17) is 25.5 Å². The van der Waals surface area contributed by atoms with E-state index in [0.29, 0.717) is 37.7 Å². The molecule has 0 saturated heterocycles. The van der Waals surface area contributed by atoms with Crippen LogP contribution >= 0.6 is 0 Å². The van der Waals surface area contributed by atoms with Crippen LogP contribution in [-0.4, -0.2) is 28.0 Å². The van der Waals surface area contributed by atoms with Crippen LogP contribution in [0.15, 0.2) is 30.3 Å². The fourth-order valence-corrected chi connectivity index (χ4v) is 4.71. The highest BCUT2D eigenvalue weighted by molar-refractivity contribution is 5.56. The molecular weight excluding hydrogens is 468 g/mol. The molecule has 0 aliphatic carbocycles. The maximum atomic E-state index is 9.08. The van der Waals surface area contributed by atoms with E-state index >= 15 is 0 Å². The van der Waals surface area contributed by atoms with Crippen LogP contribution in [0, 0.1) is 22.7 Å². The summed E-state index contributed by atoms with van der Waals surface area (Å²) < 4.78 is 0. The standard InChI is InChI=1S/C32H48N6/c1-2-3-4-5-6-7-8-9-10-11-12-13-14-15-19-24-30-35-31(29-22-17-16-18-23-29)37-32(36-30)38(27-20-25-33)28-21-26-34/h16-18,22-23H,2-15,19-21,24,27-28H2,1H3. The van der Waals surface area contributed by atoms with Gasteiger partial charge in [-0.1, -0.05) is 127 Å². The van der Waals surface area contributed by atoms with Crippen LogP contribution in [0.2, 0.25) is 0 Å². The second-order valence-corrected chi connectivity index (χ2v) is 10.2. The summed E-state index contributed by atoms with van der Waals surface area (Å²) in [6.45, 7) is 3.30. The van der Waals surface area contributed by atoms with Gasteiger partial charge in [-0.3, -0.25) is 0 Å². The van der Waals surface area contributed by atoms with Gasteiger partial charge in [-0.15, -0.1) is 0 Å². The van der Waals surface area contributed by atoms with Crippen LogP contribution in [0.4, 0.5) is 5.95 Å². The summed E-state index contributed by atoms with van der Waals surface area (Å²) in [6, 6.07) is 14.3. The first kappa shape index (κ1) is 31.2. The molecule has 0 atom stereocenters. The monoisotopic (exact) mass is 516 g/mol. The molecule has 2 rings (SSSR count). The molecule has 1 heterocycles. The predicted molar refractivity (Wildman–Crippen MR) is 157 cm³/mol. The van der Waals surface area contributed by atoms with Gasteiger partial charge in [-0.2, -0.15) is 20.5 Å². The first-order chi connectivity index (χ1) is 18.8. The number of nitriles is 2. The molecule has 1 aromatic carbocycles. The average Bonchev–Trinajstić information content (AvgIpc) is 2.95. The zero-order chi connectivity index (χ0) is 27.1. The summed E-state index contributed by atoms with van der Waals surface area (Å²) in [6.07, 6.45) is 21.7. The number of benzene rings is 1. The topological polar surface area (TPSA) is 89.5 Å². The fraction of sp³-hybridized carbons (Fsp3) is 0.656. The van der Waals surface area contributed by atoms with Crippen molar-refractivity contribution in [2.45, 2.75) is 122 Å². The van der Waals surface area contributed by atoms with Gasteiger partial charge in [-0.05, 0) is 6.42 Å². The molecule has 0 radical (unpaired) electrons. The van der Waals surface area contributed by atoms with Gasteiger partial charge >= 0.3 is 0 Å². The lowest BCUT2D eigenvalue weighted by molar-refractivity contribution is 0.531. The van der Waals surface area contributed by atoms with Crippen LogP contribution < -0.4 is 4.90 Å². The third kappa shape index (κ3) is 13.5. The molecule has 0 bridgehead atoms. The van der Waals surface area contributed by atoms with Crippen molar-refractivity contribution in [2.24, 2.45) is 0 Å². The van der Waals surface area contributed by atoms with Gasteiger partial charge < -0.3 is 4.90 Å². The predicted octanol–water partition coefficient (Wildman–Crippen LogP) is 8.59. The molecule has 0 fully saturated rings. The molecule has 206 valence electrons. The van der Waals surface area contributed by atoms with Gasteiger partial charge in [0, 0.05) is 25.1 Å². The Hall–Kier alpha value is -2.99. The number of hydrogen-bond donors (Lipinski definition) is 0. The first-order valence-electron chi connectivity index (χ1n) is 15.1. The number of anilines is 1. The van der Waals surface area contributed by atoms with Crippen LogP contribution in [0.3, 0.4) is 0 Å². The van der Waals surface area contributed by atoms with Crippen molar-refractivity contribution in [3.05, 3.63) is 36.2 Å². The number of unbranched alkanes of at least 4 members (excludes halogenated alkanes) is 14. The Morgan fingerprint density at radius 2 is 1.13 bits per heavy atom. The highest BCUT2D eigenvalue weighted by Gasteiger charge is 2.14. The van der Waals surface area contributed by atoms with Gasteiger partial charge in [0.25, 0.3) is 0 Å². The Bertz CT molecular complexity index is 929. The van der Waals surface area contributed by atoms with E-state index in [0.717, 1.165) is 24.2 Å². The Morgan fingerprint density at radius 1 is 0.632 bits per heavy atom. The van der Waals surface area contributed by atoms with E-state index in [1.165, 1.54) is 89.9 Å². The Kier molecular flexibility index (Phi) is 17.3. The van der Waals surface area contributed by atoms with Crippen molar-refractivity contribution in [3.8, 4) is 23.5 Å². The molecule has 0 aliphatic rings. The molecule has 38 heavy (non-hydrogen) atoms. The molecule has 6 nitrogen and oxygen atoms in total. The van der Waals surface area contributed by atoms with Gasteiger partial charge in [0.05, 0.1) is 25.0 Å². The average molecular weight is 517 g/mol. The minimum atomic E-state index is 0.367. The maximum Gasteiger partial charge on any atom is 0.229 e. The molecule has 0 saturated carbocycles. The summed E-state index contributed by atoms with van der Waals surface area (Å²) in [5, 5.41) is 18.2. The lowest BCUT2D eigenvalue weighted by atomic mass is 10.0. The molecule has 0 unspecified atom stereocenters. The lowest BCUT2D eigenvalue weighted by Crippen LogP contribution is -2.28. The third-order valence-corrected chi connectivity index (χ3v) is 6.98. The summed E-state index contributed by atoms with van der Waals surface area (Å²) in [7, 11) is 0. The number of hydrogen-bond acceptors (Lipinski definition) is 6. The zero-order valence-corrected chi connectivity index (χ0v) is 23.7. The quantitative estimate of drug-likeness (QED) is 0.146. The summed E-state index contributed by atoms with van der Waals surface area (Å²) >= 11 is 0. The summed E-state index contributed by atoms with van der Waals surface area (Å²) in [5.41, 5.74) is 0.953. The van der Waals surface area contributed by atoms with Crippen molar-refractivity contribution in [1.82, 2.24) is 15.0 Å². The van der Waals surface area contributed by atoms with Gasteiger partial charge in [0.15, 0.2) is 5.82 Å². The second-order valence-electron chi connectivity index (χ2n) is 10.2. The normalized spacial score (nSPS) is 10.7.